The van der Waals surface area contributed by atoms with E-state index in [4.69, 9.17) is 9.47 Å². The Morgan fingerprint density at radius 1 is 0.935 bits per heavy atom. The van der Waals surface area contributed by atoms with E-state index in [0.717, 1.165) is 16.7 Å². The van der Waals surface area contributed by atoms with E-state index in [2.05, 4.69) is 0 Å². The molecule has 8 heteroatoms. The molecular formula is C23H28N2O5S. The second kappa shape index (κ2) is 9.53. The number of sulfonamides is 1. The molecule has 7 nitrogen and oxygen atoms in total. The first-order valence-electron chi connectivity index (χ1n) is 10.0. The SMILES string of the molecule is COc1ccc(OC)c(/C=C/C(=O)N2CCN(S(=O)(=O)c3ccc(C)c(C)c3)CC2)c1. The lowest BCUT2D eigenvalue weighted by atomic mass is 10.1. The zero-order chi connectivity index (χ0) is 22.6. The van der Waals surface area contributed by atoms with E-state index in [1.807, 2.05) is 19.9 Å². The average Bonchev–Trinajstić information content (AvgIpc) is 2.79. The van der Waals surface area contributed by atoms with Crippen molar-refractivity contribution in [2.24, 2.45) is 0 Å². The number of benzene rings is 2. The third-order valence-electron chi connectivity index (χ3n) is 5.51. The number of methoxy groups -OCH3 is 2. The second-order valence-electron chi connectivity index (χ2n) is 7.42. The summed E-state index contributed by atoms with van der Waals surface area (Å²) in [5.41, 5.74) is 2.72. The number of carbonyl (C=O) groups excluding carboxylic acids is 1. The molecular weight excluding hydrogens is 416 g/mol. The number of ether oxygens (including phenoxy) is 2. The first-order chi connectivity index (χ1) is 14.8. The van der Waals surface area contributed by atoms with Gasteiger partial charge in [-0.05, 0) is 61.4 Å². The first-order valence-corrected chi connectivity index (χ1v) is 11.5. The number of nitrogens with zero attached hydrogens (tertiary/aromatic N) is 2. The van der Waals surface area contributed by atoms with Crippen LogP contribution >= 0.6 is 0 Å². The summed E-state index contributed by atoms with van der Waals surface area (Å²) in [5.74, 6) is 1.13. The molecule has 0 radical (unpaired) electrons. The summed E-state index contributed by atoms with van der Waals surface area (Å²) in [6.45, 7) is 5.04. The zero-order valence-electron chi connectivity index (χ0n) is 18.3. The summed E-state index contributed by atoms with van der Waals surface area (Å²) in [5, 5.41) is 0. The standard InChI is InChI=1S/C23H28N2O5S/c1-17-5-8-21(15-18(17)2)31(27,28)25-13-11-24(12-14-25)23(26)10-6-19-16-20(29-3)7-9-22(19)30-4/h5-10,15-16H,11-14H2,1-4H3/b10-6+. The third kappa shape index (κ3) is 5.08. The van der Waals surface area contributed by atoms with E-state index >= 15 is 0 Å². The predicted molar refractivity (Wildman–Crippen MR) is 120 cm³/mol. The van der Waals surface area contributed by atoms with Crippen molar-refractivity contribution >= 4 is 22.0 Å². The largest absolute Gasteiger partial charge is 0.497 e. The van der Waals surface area contributed by atoms with E-state index in [-0.39, 0.29) is 19.0 Å². The van der Waals surface area contributed by atoms with Crippen LogP contribution in [0.4, 0.5) is 0 Å². The van der Waals surface area contributed by atoms with Gasteiger partial charge in [-0.2, -0.15) is 4.31 Å². The Hall–Kier alpha value is -2.84. The van der Waals surface area contributed by atoms with Crippen molar-refractivity contribution in [3.63, 3.8) is 0 Å². The summed E-state index contributed by atoms with van der Waals surface area (Å²) in [7, 11) is -0.435. The van der Waals surface area contributed by atoms with Crippen LogP contribution in [0.2, 0.25) is 0 Å². The van der Waals surface area contributed by atoms with Crippen molar-refractivity contribution in [1.82, 2.24) is 9.21 Å². The number of rotatable bonds is 6. The van der Waals surface area contributed by atoms with Gasteiger partial charge in [-0.1, -0.05) is 6.07 Å². The Morgan fingerprint density at radius 3 is 2.26 bits per heavy atom. The maximum atomic E-state index is 13.0. The van der Waals surface area contributed by atoms with Crippen molar-refractivity contribution in [2.45, 2.75) is 18.7 Å². The predicted octanol–water partition coefficient (Wildman–Crippen LogP) is 2.87. The summed E-state index contributed by atoms with van der Waals surface area (Å²) in [4.78, 5) is 14.6. The molecule has 0 atom stereocenters. The molecule has 1 fully saturated rings. The van der Waals surface area contributed by atoms with Crippen LogP contribution in [0, 0.1) is 13.8 Å². The molecule has 0 spiro atoms. The third-order valence-corrected chi connectivity index (χ3v) is 7.40. The maximum Gasteiger partial charge on any atom is 0.246 e. The fourth-order valence-electron chi connectivity index (χ4n) is 3.41. The lowest BCUT2D eigenvalue weighted by Gasteiger charge is -2.33. The molecule has 1 saturated heterocycles. The van der Waals surface area contributed by atoms with Gasteiger partial charge in [-0.3, -0.25) is 4.79 Å². The molecule has 31 heavy (non-hydrogen) atoms. The lowest BCUT2D eigenvalue weighted by molar-refractivity contribution is -0.127. The van der Waals surface area contributed by atoms with Crippen LogP contribution in [0.3, 0.4) is 0 Å². The Morgan fingerprint density at radius 2 is 1.65 bits per heavy atom. The fourth-order valence-corrected chi connectivity index (χ4v) is 4.92. The van der Waals surface area contributed by atoms with Crippen molar-refractivity contribution < 1.29 is 22.7 Å². The number of hydrogen-bond donors (Lipinski definition) is 0. The average molecular weight is 445 g/mol. The van der Waals surface area contributed by atoms with Crippen LogP contribution in [0.15, 0.2) is 47.4 Å². The summed E-state index contributed by atoms with van der Waals surface area (Å²) in [6, 6.07) is 10.5. The molecule has 0 unspecified atom stereocenters. The van der Waals surface area contributed by atoms with Gasteiger partial charge in [0, 0.05) is 37.8 Å². The van der Waals surface area contributed by atoms with Gasteiger partial charge in [0.2, 0.25) is 15.9 Å². The minimum Gasteiger partial charge on any atom is -0.497 e. The molecule has 2 aromatic carbocycles. The van der Waals surface area contributed by atoms with Gasteiger partial charge in [0.1, 0.15) is 11.5 Å². The topological polar surface area (TPSA) is 76.2 Å². The number of amides is 1. The van der Waals surface area contributed by atoms with Crippen LogP contribution in [-0.4, -0.2) is 63.9 Å². The molecule has 0 aromatic heterocycles. The highest BCUT2D eigenvalue weighted by atomic mass is 32.2. The number of aryl methyl sites for hydroxylation is 2. The summed E-state index contributed by atoms with van der Waals surface area (Å²) < 4.78 is 37.9. The van der Waals surface area contributed by atoms with Gasteiger partial charge in [-0.25, -0.2) is 8.42 Å². The maximum absolute atomic E-state index is 13.0. The number of carbonyl (C=O) groups is 1. The minimum absolute atomic E-state index is 0.173. The monoisotopic (exact) mass is 444 g/mol. The highest BCUT2D eigenvalue weighted by Gasteiger charge is 2.29. The highest BCUT2D eigenvalue weighted by molar-refractivity contribution is 7.89. The van der Waals surface area contributed by atoms with Gasteiger partial charge in [-0.15, -0.1) is 0 Å². The Bertz CT molecular complexity index is 1090. The first kappa shape index (κ1) is 22.8. The molecule has 2 aromatic rings. The van der Waals surface area contributed by atoms with Crippen LogP contribution < -0.4 is 9.47 Å². The van der Waals surface area contributed by atoms with Crippen molar-refractivity contribution in [3.05, 3.63) is 59.2 Å². The van der Waals surface area contributed by atoms with Gasteiger partial charge in [0.25, 0.3) is 0 Å². The number of piperazine rings is 1. The molecule has 1 aliphatic heterocycles. The van der Waals surface area contributed by atoms with Crippen molar-refractivity contribution in [3.8, 4) is 11.5 Å². The number of hydrogen-bond acceptors (Lipinski definition) is 5. The molecule has 1 aliphatic rings. The summed E-state index contributed by atoms with van der Waals surface area (Å²) in [6.07, 6.45) is 3.16. The van der Waals surface area contributed by atoms with E-state index in [1.54, 1.807) is 55.5 Å². The summed E-state index contributed by atoms with van der Waals surface area (Å²) >= 11 is 0. The minimum atomic E-state index is -3.58. The smallest absolute Gasteiger partial charge is 0.246 e. The van der Waals surface area contributed by atoms with Gasteiger partial charge >= 0.3 is 0 Å². The normalized spacial score (nSPS) is 15.3. The molecule has 0 bridgehead atoms. The van der Waals surface area contributed by atoms with Gasteiger partial charge in [0.05, 0.1) is 19.1 Å². The second-order valence-corrected chi connectivity index (χ2v) is 9.35. The highest BCUT2D eigenvalue weighted by Crippen LogP contribution is 2.25. The molecule has 0 saturated carbocycles. The molecule has 0 N–H and O–H groups in total. The van der Waals surface area contributed by atoms with E-state index in [9.17, 15) is 13.2 Å². The van der Waals surface area contributed by atoms with Crippen LogP contribution in [0.1, 0.15) is 16.7 Å². The van der Waals surface area contributed by atoms with Crippen molar-refractivity contribution in [1.29, 1.82) is 0 Å². The zero-order valence-corrected chi connectivity index (χ0v) is 19.1. The van der Waals surface area contributed by atoms with Crippen LogP contribution in [0.5, 0.6) is 11.5 Å². The Labute approximate surface area is 183 Å². The Balaban J connectivity index is 1.66. The van der Waals surface area contributed by atoms with E-state index in [1.165, 1.54) is 10.4 Å². The van der Waals surface area contributed by atoms with E-state index in [0.29, 0.717) is 29.5 Å². The van der Waals surface area contributed by atoms with Crippen LogP contribution in [0.25, 0.3) is 6.08 Å². The Kier molecular flexibility index (Phi) is 7.02. The van der Waals surface area contributed by atoms with Crippen LogP contribution in [-0.2, 0) is 14.8 Å². The van der Waals surface area contributed by atoms with Gasteiger partial charge < -0.3 is 14.4 Å². The molecule has 1 amide bonds. The lowest BCUT2D eigenvalue weighted by Crippen LogP contribution is -2.50. The van der Waals surface area contributed by atoms with Gasteiger partial charge in [0.15, 0.2) is 0 Å². The molecule has 1 heterocycles. The quantitative estimate of drug-likeness (QED) is 0.641. The van der Waals surface area contributed by atoms with Crippen molar-refractivity contribution in [2.75, 3.05) is 40.4 Å². The molecule has 0 aliphatic carbocycles. The fraction of sp³-hybridized carbons (Fsp3) is 0.348. The molecule has 166 valence electrons. The van der Waals surface area contributed by atoms with E-state index < -0.39 is 10.0 Å². The molecule has 3 rings (SSSR count).